The van der Waals surface area contributed by atoms with Gasteiger partial charge in [0.2, 0.25) is 5.91 Å². The van der Waals surface area contributed by atoms with E-state index in [0.29, 0.717) is 0 Å². The third-order valence-corrected chi connectivity index (χ3v) is 3.06. The van der Waals surface area contributed by atoms with Crippen molar-refractivity contribution in [2.24, 2.45) is 11.7 Å². The van der Waals surface area contributed by atoms with E-state index < -0.39 is 5.97 Å². The van der Waals surface area contributed by atoms with Crippen LogP contribution in [0, 0.1) is 18.3 Å². The van der Waals surface area contributed by atoms with E-state index >= 15 is 0 Å². The summed E-state index contributed by atoms with van der Waals surface area (Å²) in [6.07, 6.45) is 8.66. The smallest absolute Gasteiger partial charge is 0.323 e. The second-order valence-electron chi connectivity index (χ2n) is 4.35. The van der Waals surface area contributed by atoms with Crippen molar-refractivity contribution in [3.8, 4) is 12.3 Å². The van der Waals surface area contributed by atoms with Crippen LogP contribution in [0.25, 0.3) is 0 Å². The predicted molar refractivity (Wildman–Crippen MR) is 63.0 cm³/mol. The Labute approximate surface area is 101 Å². The second kappa shape index (κ2) is 6.26. The topological polar surface area (TPSA) is 83.6 Å². The van der Waals surface area contributed by atoms with E-state index in [1.165, 1.54) is 4.90 Å². The van der Waals surface area contributed by atoms with Gasteiger partial charge < -0.3 is 15.7 Å². The van der Waals surface area contributed by atoms with Gasteiger partial charge >= 0.3 is 5.97 Å². The van der Waals surface area contributed by atoms with Crippen LogP contribution in [-0.2, 0) is 9.59 Å². The van der Waals surface area contributed by atoms with Crippen LogP contribution in [0.5, 0.6) is 0 Å². The summed E-state index contributed by atoms with van der Waals surface area (Å²) in [5, 5.41) is 8.73. The molecule has 17 heavy (non-hydrogen) atoms. The van der Waals surface area contributed by atoms with Crippen LogP contribution in [0.3, 0.4) is 0 Å². The number of rotatable bonds is 4. The molecule has 0 bridgehead atoms. The zero-order valence-electron chi connectivity index (χ0n) is 9.76. The summed E-state index contributed by atoms with van der Waals surface area (Å²) in [4.78, 5) is 24.0. The molecular formula is C12H18N2O3. The monoisotopic (exact) mass is 238 g/mol. The Morgan fingerprint density at radius 2 is 2.06 bits per heavy atom. The zero-order chi connectivity index (χ0) is 12.8. The number of carboxylic acids is 1. The first-order chi connectivity index (χ1) is 8.06. The van der Waals surface area contributed by atoms with Gasteiger partial charge in [-0.25, -0.2) is 0 Å². The van der Waals surface area contributed by atoms with Gasteiger partial charge in [0, 0.05) is 6.04 Å². The maximum atomic E-state index is 12.1. The Hall–Kier alpha value is -1.54. The van der Waals surface area contributed by atoms with E-state index in [0.717, 1.165) is 25.7 Å². The number of hydrogen-bond donors (Lipinski definition) is 2. The maximum absolute atomic E-state index is 12.1. The largest absolute Gasteiger partial charge is 0.480 e. The highest BCUT2D eigenvalue weighted by molar-refractivity contribution is 5.84. The molecule has 1 rings (SSSR count). The average molecular weight is 238 g/mol. The highest BCUT2D eigenvalue weighted by atomic mass is 16.4. The number of carbonyl (C=O) groups excluding carboxylic acids is 1. The summed E-state index contributed by atoms with van der Waals surface area (Å²) in [7, 11) is 0. The van der Waals surface area contributed by atoms with Crippen molar-refractivity contribution in [1.82, 2.24) is 4.90 Å². The number of aliphatic carboxylic acids is 1. The first-order valence-corrected chi connectivity index (χ1v) is 5.76. The van der Waals surface area contributed by atoms with Gasteiger partial charge in [0.1, 0.15) is 6.54 Å². The van der Waals surface area contributed by atoms with E-state index in [1.807, 2.05) is 0 Å². The summed E-state index contributed by atoms with van der Waals surface area (Å²) in [6, 6.07) is -0.176. The molecule has 0 saturated heterocycles. The summed E-state index contributed by atoms with van der Waals surface area (Å²) < 4.78 is 0. The molecule has 1 fully saturated rings. The van der Waals surface area contributed by atoms with Crippen molar-refractivity contribution >= 4 is 11.9 Å². The number of carbonyl (C=O) groups is 2. The molecule has 0 aliphatic heterocycles. The second-order valence-corrected chi connectivity index (χ2v) is 4.35. The number of carboxylic acid groups (broad SMARTS) is 1. The quantitative estimate of drug-likeness (QED) is 0.678. The minimum atomic E-state index is -1.06. The number of terminal acetylenes is 1. The van der Waals surface area contributed by atoms with Gasteiger partial charge in [0.15, 0.2) is 0 Å². The third-order valence-electron chi connectivity index (χ3n) is 3.06. The third kappa shape index (κ3) is 3.75. The standard InChI is InChI=1S/C12H18N2O3/c1-2-7-14(8-11(15)16)12(17)9-5-3-4-6-10(9)13/h1,9-10H,3-8,13H2,(H,15,16). The Morgan fingerprint density at radius 3 is 2.59 bits per heavy atom. The number of hydrogen-bond acceptors (Lipinski definition) is 3. The Morgan fingerprint density at radius 1 is 1.41 bits per heavy atom. The van der Waals surface area contributed by atoms with Gasteiger partial charge in [-0.2, -0.15) is 0 Å². The number of nitrogens with zero attached hydrogens (tertiary/aromatic N) is 1. The minimum absolute atomic E-state index is 0.0222. The zero-order valence-corrected chi connectivity index (χ0v) is 9.76. The lowest BCUT2D eigenvalue weighted by atomic mass is 9.84. The van der Waals surface area contributed by atoms with Crippen LogP contribution in [0.15, 0.2) is 0 Å². The Balaban J connectivity index is 2.69. The lowest BCUT2D eigenvalue weighted by molar-refractivity contribution is -0.146. The van der Waals surface area contributed by atoms with Crippen LogP contribution >= 0.6 is 0 Å². The van der Waals surface area contributed by atoms with Crippen molar-refractivity contribution in [3.63, 3.8) is 0 Å². The molecule has 2 atom stereocenters. The number of amides is 1. The first kappa shape index (κ1) is 13.5. The Bertz CT molecular complexity index is 335. The van der Waals surface area contributed by atoms with E-state index in [1.54, 1.807) is 0 Å². The van der Waals surface area contributed by atoms with Gasteiger partial charge in [-0.1, -0.05) is 18.8 Å². The molecule has 5 heteroatoms. The fourth-order valence-electron chi connectivity index (χ4n) is 2.19. The summed E-state index contributed by atoms with van der Waals surface area (Å²) in [5.41, 5.74) is 5.90. The molecule has 94 valence electrons. The van der Waals surface area contributed by atoms with Crippen LogP contribution in [0.1, 0.15) is 25.7 Å². The van der Waals surface area contributed by atoms with Crippen LogP contribution in [-0.4, -0.2) is 41.0 Å². The van der Waals surface area contributed by atoms with E-state index in [4.69, 9.17) is 17.3 Å². The van der Waals surface area contributed by atoms with Crippen molar-refractivity contribution in [3.05, 3.63) is 0 Å². The molecule has 1 aliphatic carbocycles. The normalized spacial score (nSPS) is 23.8. The fourth-order valence-corrected chi connectivity index (χ4v) is 2.19. The predicted octanol–water partition coefficient (Wildman–Crippen LogP) is 0.0503. The highest BCUT2D eigenvalue weighted by Crippen LogP contribution is 2.24. The molecule has 5 nitrogen and oxygen atoms in total. The molecule has 0 spiro atoms. The van der Waals surface area contributed by atoms with Gasteiger partial charge in [0.25, 0.3) is 0 Å². The van der Waals surface area contributed by atoms with E-state index in [-0.39, 0.29) is 31.0 Å². The van der Waals surface area contributed by atoms with Gasteiger partial charge in [-0.05, 0) is 12.8 Å². The average Bonchev–Trinajstić information content (AvgIpc) is 2.28. The molecule has 1 aliphatic rings. The van der Waals surface area contributed by atoms with Crippen molar-refractivity contribution in [2.45, 2.75) is 31.7 Å². The molecule has 3 N–H and O–H groups in total. The maximum Gasteiger partial charge on any atom is 0.323 e. The van der Waals surface area contributed by atoms with Crippen LogP contribution < -0.4 is 5.73 Å². The summed E-state index contributed by atoms with van der Waals surface area (Å²) in [5.74, 6) is 0.746. The van der Waals surface area contributed by atoms with Gasteiger partial charge in [-0.3, -0.25) is 9.59 Å². The molecule has 2 unspecified atom stereocenters. The van der Waals surface area contributed by atoms with Gasteiger partial charge in [0.05, 0.1) is 12.5 Å². The van der Waals surface area contributed by atoms with Crippen LogP contribution in [0.2, 0.25) is 0 Å². The minimum Gasteiger partial charge on any atom is -0.480 e. The van der Waals surface area contributed by atoms with Crippen LogP contribution in [0.4, 0.5) is 0 Å². The SMILES string of the molecule is C#CCN(CC(=O)O)C(=O)C1CCCCC1N. The molecule has 0 heterocycles. The molecule has 1 saturated carbocycles. The summed E-state index contributed by atoms with van der Waals surface area (Å²) in [6.45, 7) is -0.333. The highest BCUT2D eigenvalue weighted by Gasteiger charge is 2.31. The summed E-state index contributed by atoms with van der Waals surface area (Å²) >= 11 is 0. The van der Waals surface area contributed by atoms with Crippen molar-refractivity contribution in [2.75, 3.05) is 13.1 Å². The van der Waals surface area contributed by atoms with Crippen molar-refractivity contribution < 1.29 is 14.7 Å². The molecule has 1 amide bonds. The molecular weight excluding hydrogens is 220 g/mol. The van der Waals surface area contributed by atoms with E-state index in [2.05, 4.69) is 5.92 Å². The molecule has 0 aromatic rings. The lowest BCUT2D eigenvalue weighted by Crippen LogP contribution is -2.47. The van der Waals surface area contributed by atoms with Crippen molar-refractivity contribution in [1.29, 1.82) is 0 Å². The molecule has 0 aromatic heterocycles. The lowest BCUT2D eigenvalue weighted by Gasteiger charge is -2.31. The number of nitrogens with two attached hydrogens (primary N) is 1. The fraction of sp³-hybridized carbons (Fsp3) is 0.667. The van der Waals surface area contributed by atoms with E-state index in [9.17, 15) is 9.59 Å². The first-order valence-electron chi connectivity index (χ1n) is 5.76. The van der Waals surface area contributed by atoms with Gasteiger partial charge in [-0.15, -0.1) is 6.42 Å². The Kier molecular flexibility index (Phi) is 4.98. The molecule has 0 aromatic carbocycles. The molecule has 0 radical (unpaired) electrons.